The lowest BCUT2D eigenvalue weighted by atomic mass is 9.45. The maximum absolute atomic E-state index is 11.5. The molecule has 134 valence electrons. The predicted molar refractivity (Wildman–Crippen MR) is 91.1 cm³/mol. The van der Waals surface area contributed by atoms with E-state index in [1.165, 1.54) is 51.9 Å². The minimum Gasteiger partial charge on any atom is -0.430 e. The van der Waals surface area contributed by atoms with Crippen LogP contribution in [0.5, 0.6) is 0 Å². The molecule has 1 heterocycles. The van der Waals surface area contributed by atoms with Crippen molar-refractivity contribution in [1.29, 1.82) is 0 Å². The number of esters is 1. The van der Waals surface area contributed by atoms with Crippen LogP contribution in [0.2, 0.25) is 0 Å². The Bertz CT molecular complexity index is 573. The van der Waals surface area contributed by atoms with Crippen LogP contribution < -0.4 is 0 Å². The zero-order valence-electron chi connectivity index (χ0n) is 15.5. The average Bonchev–Trinajstić information content (AvgIpc) is 2.99. The third-order valence-corrected chi connectivity index (χ3v) is 9.09. The van der Waals surface area contributed by atoms with Crippen molar-refractivity contribution in [2.24, 2.45) is 34.5 Å². The smallest absolute Gasteiger partial charge is 0.305 e. The minimum atomic E-state index is -0.542. The van der Waals surface area contributed by atoms with Gasteiger partial charge in [0.25, 0.3) is 0 Å². The molecule has 24 heavy (non-hydrogen) atoms. The van der Waals surface area contributed by atoms with Gasteiger partial charge in [-0.1, -0.05) is 20.3 Å². The summed E-state index contributed by atoms with van der Waals surface area (Å²) in [4.78, 5) is 11.5. The van der Waals surface area contributed by atoms with E-state index in [1.54, 1.807) is 0 Å². The molecule has 4 aliphatic carbocycles. The van der Waals surface area contributed by atoms with Gasteiger partial charge in [-0.15, -0.1) is 0 Å². The van der Waals surface area contributed by atoms with Crippen LogP contribution in [0.15, 0.2) is 0 Å². The Hall–Kier alpha value is -0.570. The summed E-state index contributed by atoms with van der Waals surface area (Å²) in [6, 6.07) is 0. The van der Waals surface area contributed by atoms with Gasteiger partial charge in [0.05, 0.1) is 0 Å². The number of hydrogen-bond acceptors (Lipinski definition) is 3. The zero-order valence-corrected chi connectivity index (χ0v) is 15.5. The predicted octanol–water partition coefficient (Wildman–Crippen LogP) is 4.69. The first kappa shape index (κ1) is 15.7. The Kier molecular flexibility index (Phi) is 3.12. The maximum Gasteiger partial charge on any atom is 0.305 e. The van der Waals surface area contributed by atoms with E-state index in [9.17, 15) is 4.79 Å². The highest BCUT2D eigenvalue weighted by molar-refractivity contribution is 5.66. The first-order valence-electron chi connectivity index (χ1n) is 10.2. The summed E-state index contributed by atoms with van der Waals surface area (Å²) < 4.78 is 11.6. The zero-order chi connectivity index (χ0) is 16.7. The Morgan fingerprint density at radius 3 is 2.67 bits per heavy atom. The van der Waals surface area contributed by atoms with Gasteiger partial charge in [0.2, 0.25) is 5.79 Å². The molecule has 1 saturated heterocycles. The van der Waals surface area contributed by atoms with Gasteiger partial charge in [-0.25, -0.2) is 0 Å². The van der Waals surface area contributed by atoms with E-state index < -0.39 is 5.79 Å². The van der Waals surface area contributed by atoms with E-state index in [2.05, 4.69) is 13.8 Å². The second-order valence-corrected chi connectivity index (χ2v) is 10.2. The van der Waals surface area contributed by atoms with Crippen LogP contribution in [-0.4, -0.2) is 17.9 Å². The van der Waals surface area contributed by atoms with E-state index in [0.29, 0.717) is 16.7 Å². The third-order valence-electron chi connectivity index (χ3n) is 9.09. The first-order valence-corrected chi connectivity index (χ1v) is 10.2. The fraction of sp³-hybridized carbons (Fsp3) is 0.952. The summed E-state index contributed by atoms with van der Waals surface area (Å²) in [6.07, 6.45) is 12.1. The lowest BCUT2D eigenvalue weighted by molar-refractivity contribution is -0.167. The summed E-state index contributed by atoms with van der Waals surface area (Å²) in [6.45, 7) is 6.64. The Balaban J connectivity index is 1.41. The number of carbonyl (C=O) groups excluding carboxylic acids is 1. The second kappa shape index (κ2) is 4.78. The molecule has 5 rings (SSSR count). The summed E-state index contributed by atoms with van der Waals surface area (Å²) >= 11 is 0. The topological polar surface area (TPSA) is 38.8 Å². The van der Waals surface area contributed by atoms with Crippen LogP contribution in [0.25, 0.3) is 0 Å². The summed E-state index contributed by atoms with van der Waals surface area (Å²) in [5, 5.41) is 0. The molecule has 3 heteroatoms. The largest absolute Gasteiger partial charge is 0.430 e. The van der Waals surface area contributed by atoms with Crippen molar-refractivity contribution in [2.45, 2.75) is 90.4 Å². The maximum atomic E-state index is 11.5. The molecule has 4 saturated carbocycles. The van der Waals surface area contributed by atoms with Crippen LogP contribution >= 0.6 is 0 Å². The lowest BCUT2D eigenvalue weighted by Gasteiger charge is -2.59. The van der Waals surface area contributed by atoms with Crippen LogP contribution in [0.4, 0.5) is 0 Å². The highest BCUT2D eigenvalue weighted by atomic mass is 16.8. The van der Waals surface area contributed by atoms with E-state index in [4.69, 9.17) is 9.47 Å². The molecule has 0 aromatic heterocycles. The molecule has 0 bridgehead atoms. The lowest BCUT2D eigenvalue weighted by Crippen LogP contribution is -2.54. The fourth-order valence-electron chi connectivity index (χ4n) is 7.88. The van der Waals surface area contributed by atoms with Gasteiger partial charge in [0.1, 0.15) is 6.10 Å². The highest BCUT2D eigenvalue weighted by Gasteiger charge is 2.70. The standard InChI is InChI=1S/C21H32O3/c1-13(22)23-21-11-14-6-7-15-16-5-4-9-19(16,2)10-8-17(15)20(14,3)12-18(21)24-21/h14-18H,4-12H2,1-3H3/t14-,15?,16-,17?,18+,19-,20-,21-/m0/s1. The molecule has 5 aliphatic rings. The van der Waals surface area contributed by atoms with Gasteiger partial charge in [-0.3, -0.25) is 4.79 Å². The van der Waals surface area contributed by atoms with E-state index >= 15 is 0 Å². The van der Waals surface area contributed by atoms with Crippen molar-refractivity contribution in [3.8, 4) is 0 Å². The number of fused-ring (bicyclic) bond motifs is 6. The van der Waals surface area contributed by atoms with Gasteiger partial charge < -0.3 is 9.47 Å². The third kappa shape index (κ3) is 1.97. The number of ether oxygens (including phenoxy) is 2. The molecule has 0 radical (unpaired) electrons. The molecule has 0 N–H and O–H groups in total. The van der Waals surface area contributed by atoms with Gasteiger partial charge in [-0.2, -0.15) is 0 Å². The average molecular weight is 332 g/mol. The van der Waals surface area contributed by atoms with Crippen LogP contribution in [0.1, 0.15) is 78.6 Å². The minimum absolute atomic E-state index is 0.165. The molecule has 0 spiro atoms. The number of carbonyl (C=O) groups is 1. The van der Waals surface area contributed by atoms with Crippen molar-refractivity contribution < 1.29 is 14.3 Å². The molecule has 0 aromatic carbocycles. The van der Waals surface area contributed by atoms with E-state index in [-0.39, 0.29) is 12.1 Å². The highest BCUT2D eigenvalue weighted by Crippen LogP contribution is 2.69. The van der Waals surface area contributed by atoms with E-state index in [1.807, 2.05) is 0 Å². The number of rotatable bonds is 1. The fourth-order valence-corrected chi connectivity index (χ4v) is 7.88. The summed E-state index contributed by atoms with van der Waals surface area (Å²) in [7, 11) is 0. The quantitative estimate of drug-likeness (QED) is 0.516. The van der Waals surface area contributed by atoms with Crippen molar-refractivity contribution in [2.75, 3.05) is 0 Å². The normalized spacial score (nSPS) is 58.0. The second-order valence-electron chi connectivity index (χ2n) is 10.2. The SMILES string of the molecule is CC(=O)O[C@]12C[C@@H]3CCC4C(CC[C@]5(C)CCC[C@@H]45)[C@@]3(C)C[C@H]1O2. The number of hydrogen-bond donors (Lipinski definition) is 0. The molecular formula is C21H32O3. The molecule has 5 fully saturated rings. The molecule has 8 atom stereocenters. The van der Waals surface area contributed by atoms with Crippen molar-refractivity contribution in [3.05, 3.63) is 0 Å². The molecule has 1 aliphatic heterocycles. The van der Waals surface area contributed by atoms with Gasteiger partial charge >= 0.3 is 5.97 Å². The Morgan fingerprint density at radius 2 is 1.88 bits per heavy atom. The molecule has 3 nitrogen and oxygen atoms in total. The van der Waals surface area contributed by atoms with Crippen molar-refractivity contribution in [1.82, 2.24) is 0 Å². The molecule has 0 amide bonds. The molecular weight excluding hydrogens is 300 g/mol. The summed E-state index contributed by atoms with van der Waals surface area (Å²) in [5.74, 6) is 2.71. The molecule has 0 aromatic rings. The summed E-state index contributed by atoms with van der Waals surface area (Å²) in [5.41, 5.74) is 1.04. The number of epoxide rings is 1. The first-order chi connectivity index (χ1) is 11.4. The van der Waals surface area contributed by atoms with E-state index in [0.717, 1.165) is 30.6 Å². The molecule has 2 unspecified atom stereocenters. The van der Waals surface area contributed by atoms with Crippen LogP contribution in [0, 0.1) is 34.5 Å². The van der Waals surface area contributed by atoms with Gasteiger partial charge in [0, 0.05) is 13.3 Å². The van der Waals surface area contributed by atoms with Crippen molar-refractivity contribution >= 4 is 5.97 Å². The van der Waals surface area contributed by atoms with Crippen LogP contribution in [-0.2, 0) is 14.3 Å². The Morgan fingerprint density at radius 1 is 1.04 bits per heavy atom. The van der Waals surface area contributed by atoms with Crippen LogP contribution in [0.3, 0.4) is 0 Å². The Labute approximate surface area is 145 Å². The van der Waals surface area contributed by atoms with Gasteiger partial charge in [-0.05, 0) is 79.4 Å². The van der Waals surface area contributed by atoms with Gasteiger partial charge in [0.15, 0.2) is 0 Å². The van der Waals surface area contributed by atoms with Crippen molar-refractivity contribution in [3.63, 3.8) is 0 Å². The monoisotopic (exact) mass is 332 g/mol.